The highest BCUT2D eigenvalue weighted by Crippen LogP contribution is 2.46. The molecule has 9 heterocycles. The van der Waals surface area contributed by atoms with Crippen LogP contribution in [-0.4, -0.2) is 146 Å². The zero-order valence-corrected chi connectivity index (χ0v) is 28.3. The minimum Gasteiger partial charge on any atom is -0.309 e. The highest BCUT2D eigenvalue weighted by molar-refractivity contribution is 5.16. The summed E-state index contributed by atoms with van der Waals surface area (Å²) in [6, 6.07) is 7.91. The van der Waals surface area contributed by atoms with E-state index in [-0.39, 0.29) is 0 Å². The summed E-state index contributed by atoms with van der Waals surface area (Å²) >= 11 is 0. The van der Waals surface area contributed by atoms with Crippen LogP contribution >= 0.6 is 0 Å². The fourth-order valence-electron chi connectivity index (χ4n) is 14.0. The molecule has 0 aromatic rings. The zero-order valence-electron chi connectivity index (χ0n) is 28.3. The third-order valence-electron chi connectivity index (χ3n) is 15.4. The van der Waals surface area contributed by atoms with Crippen LogP contribution in [0, 0.1) is 23.7 Å². The van der Waals surface area contributed by atoms with Crippen molar-refractivity contribution in [2.75, 3.05) is 54.4 Å². The monoisotopic (exact) mass is 609 g/mol. The van der Waals surface area contributed by atoms with Crippen molar-refractivity contribution in [3.8, 4) is 0 Å². The Labute approximate surface area is 268 Å². The van der Waals surface area contributed by atoms with E-state index in [9.17, 15) is 0 Å². The van der Waals surface area contributed by atoms with Crippen LogP contribution in [-0.2, 0) is 0 Å². The highest BCUT2D eigenvalue weighted by Gasteiger charge is 2.56. The largest absolute Gasteiger partial charge is 0.309 e. The van der Waals surface area contributed by atoms with Gasteiger partial charge in [-0.05, 0) is 155 Å². The van der Waals surface area contributed by atoms with Crippen LogP contribution < -0.4 is 21.3 Å². The number of likely N-dealkylation sites (N-methyl/N-ethyl adjacent to an activating group) is 4. The molecule has 0 saturated carbocycles. The highest BCUT2D eigenvalue weighted by atomic mass is 15.3. The summed E-state index contributed by atoms with van der Waals surface area (Å²) in [6.07, 6.45) is 16.4. The predicted octanol–water partition coefficient (Wildman–Crippen LogP) is 1.76. The van der Waals surface area contributed by atoms with Crippen LogP contribution in [0.25, 0.3) is 0 Å². The number of hydrogen-bond acceptors (Lipinski definition) is 8. The third kappa shape index (κ3) is 4.82. The quantitative estimate of drug-likeness (QED) is 0.332. The van der Waals surface area contributed by atoms with Crippen LogP contribution in [0.1, 0.15) is 77.0 Å². The van der Waals surface area contributed by atoms with Crippen molar-refractivity contribution in [3.63, 3.8) is 0 Å². The van der Waals surface area contributed by atoms with E-state index in [0.717, 1.165) is 23.7 Å². The molecule has 8 heteroatoms. The number of nitrogens with zero attached hydrogens (tertiary/aromatic N) is 4. The number of hydrogen-bond donors (Lipinski definition) is 4. The summed E-state index contributed by atoms with van der Waals surface area (Å²) in [7, 11) is 9.81. The van der Waals surface area contributed by atoms with Crippen molar-refractivity contribution in [1.29, 1.82) is 0 Å². The van der Waals surface area contributed by atoms with E-state index in [4.69, 9.17) is 0 Å². The van der Waals surface area contributed by atoms with Gasteiger partial charge in [-0.25, -0.2) is 0 Å². The lowest BCUT2D eigenvalue weighted by molar-refractivity contribution is 0.0957. The van der Waals surface area contributed by atoms with E-state index in [1.165, 1.54) is 103 Å². The maximum Gasteiger partial charge on any atom is 0.0290 e. The van der Waals surface area contributed by atoms with Crippen molar-refractivity contribution >= 4 is 0 Å². The molecule has 16 unspecified atom stereocenters. The molecule has 8 nitrogen and oxygen atoms in total. The predicted molar refractivity (Wildman–Crippen MR) is 178 cm³/mol. The van der Waals surface area contributed by atoms with Crippen molar-refractivity contribution in [2.24, 2.45) is 23.7 Å². The lowest BCUT2D eigenvalue weighted by atomic mass is 9.77. The van der Waals surface area contributed by atoms with E-state index in [1.807, 2.05) is 0 Å². The van der Waals surface area contributed by atoms with Gasteiger partial charge in [0.2, 0.25) is 0 Å². The fraction of sp³-hybridized carbons (Fsp3) is 1.00. The molecule has 9 fully saturated rings. The first-order valence-electron chi connectivity index (χ1n) is 19.3. The van der Waals surface area contributed by atoms with Gasteiger partial charge in [0.1, 0.15) is 0 Å². The number of rotatable bonds is 0. The summed E-state index contributed by atoms with van der Waals surface area (Å²) in [6.45, 7) is 5.13. The minimum absolute atomic E-state index is 0.620. The second kappa shape index (κ2) is 11.7. The summed E-state index contributed by atoms with van der Waals surface area (Å²) in [5, 5.41) is 17.7. The minimum atomic E-state index is 0.620. The van der Waals surface area contributed by atoms with Gasteiger partial charge in [-0.15, -0.1) is 0 Å². The Balaban J connectivity index is 1.08. The lowest BCUT2D eigenvalue weighted by Crippen LogP contribution is -2.50. The molecule has 0 aliphatic carbocycles. The van der Waals surface area contributed by atoms with Crippen molar-refractivity contribution in [2.45, 2.75) is 150 Å². The molecule has 248 valence electrons. The lowest BCUT2D eigenvalue weighted by Gasteiger charge is -2.42. The molecule has 9 aliphatic heterocycles. The Kier molecular flexibility index (Phi) is 7.91. The molecule has 0 aromatic carbocycles. The Morgan fingerprint density at radius 2 is 0.568 bits per heavy atom. The average Bonchev–Trinajstić information content (AvgIpc) is 3.74. The van der Waals surface area contributed by atoms with Gasteiger partial charge in [0, 0.05) is 72.5 Å². The molecule has 9 saturated heterocycles. The zero-order chi connectivity index (χ0) is 29.7. The van der Waals surface area contributed by atoms with E-state index in [1.54, 1.807) is 0 Å². The smallest absolute Gasteiger partial charge is 0.0290 e. The molecule has 0 radical (unpaired) electrons. The SMILES string of the molecule is CN1CCCC2C3CC4NC(CC5NC(CC6NC(CC(N3)C21)C1CCCN(C)C61)C1CCCN(C)C51)C1CCCN(C)C41. The molecule has 0 amide bonds. The number of nitrogens with one attached hydrogen (secondary N) is 4. The molecule has 16 atom stereocenters. The maximum atomic E-state index is 4.43. The first kappa shape index (κ1) is 29.8. The molecule has 8 bridgehead atoms. The van der Waals surface area contributed by atoms with Gasteiger partial charge in [0.15, 0.2) is 0 Å². The Morgan fingerprint density at radius 1 is 0.341 bits per heavy atom. The maximum absolute atomic E-state index is 4.43. The van der Waals surface area contributed by atoms with Gasteiger partial charge in [0.25, 0.3) is 0 Å². The second-order valence-electron chi connectivity index (χ2n) is 17.6. The van der Waals surface area contributed by atoms with Gasteiger partial charge in [-0.2, -0.15) is 0 Å². The van der Waals surface area contributed by atoms with E-state index in [0.29, 0.717) is 72.5 Å². The summed E-state index contributed by atoms with van der Waals surface area (Å²) in [4.78, 5) is 11.1. The topological polar surface area (TPSA) is 61.1 Å². The second-order valence-corrected chi connectivity index (χ2v) is 17.6. The van der Waals surface area contributed by atoms with E-state index in [2.05, 4.69) is 69.1 Å². The Bertz CT molecular complexity index is 882. The number of fused-ring (bicyclic) bond motifs is 20. The molecule has 4 N–H and O–H groups in total. The Morgan fingerprint density at radius 3 is 0.795 bits per heavy atom. The molecule has 9 rings (SSSR count). The van der Waals surface area contributed by atoms with E-state index < -0.39 is 0 Å². The fourth-order valence-corrected chi connectivity index (χ4v) is 14.0. The molecule has 0 spiro atoms. The van der Waals surface area contributed by atoms with Gasteiger partial charge >= 0.3 is 0 Å². The van der Waals surface area contributed by atoms with Crippen LogP contribution in [0.2, 0.25) is 0 Å². The summed E-state index contributed by atoms with van der Waals surface area (Å²) in [5.74, 6) is 3.22. The Hall–Kier alpha value is -0.320. The number of piperidine rings is 4. The molecule has 9 aliphatic rings. The van der Waals surface area contributed by atoms with Crippen LogP contribution in [0.4, 0.5) is 0 Å². The van der Waals surface area contributed by atoms with Gasteiger partial charge in [0.05, 0.1) is 0 Å². The normalized spacial score (nSPS) is 55.4. The van der Waals surface area contributed by atoms with E-state index >= 15 is 0 Å². The van der Waals surface area contributed by atoms with Crippen LogP contribution in [0.15, 0.2) is 0 Å². The van der Waals surface area contributed by atoms with Crippen molar-refractivity contribution in [1.82, 2.24) is 40.9 Å². The molecular formula is C36H64N8. The van der Waals surface area contributed by atoms with Gasteiger partial charge in [-0.1, -0.05) is 0 Å². The van der Waals surface area contributed by atoms with Crippen LogP contribution in [0.5, 0.6) is 0 Å². The third-order valence-corrected chi connectivity index (χ3v) is 15.4. The van der Waals surface area contributed by atoms with Gasteiger partial charge < -0.3 is 40.9 Å². The standard InChI is InChI=1S/C36H64N8/c1-41-13-5-9-21-25-18-30-35-23(11-7-15-43(35)3)27(39-30)20-32-36-24(12-8-16-44(36)4)28(40-32)19-31-34-22(10-6-14-42(34)2)26(38-31)17-29(37-25)33(21)41/h21-40H,5-20H2,1-4H3. The number of likely N-dealkylation sites (tertiary alicyclic amines) is 4. The van der Waals surface area contributed by atoms with Gasteiger partial charge in [-0.3, -0.25) is 0 Å². The molecule has 0 aromatic heterocycles. The first-order chi connectivity index (χ1) is 21.4. The van der Waals surface area contributed by atoms with Crippen LogP contribution in [0.3, 0.4) is 0 Å². The van der Waals surface area contributed by atoms with Crippen molar-refractivity contribution in [3.05, 3.63) is 0 Å². The molecular weight excluding hydrogens is 544 g/mol. The van der Waals surface area contributed by atoms with Crippen molar-refractivity contribution < 1.29 is 0 Å². The first-order valence-corrected chi connectivity index (χ1v) is 19.3. The molecule has 44 heavy (non-hydrogen) atoms. The average molecular weight is 609 g/mol. The summed E-state index contributed by atoms with van der Waals surface area (Å²) in [5.41, 5.74) is 0. The summed E-state index contributed by atoms with van der Waals surface area (Å²) < 4.78 is 0.